The normalized spacial score (nSPS) is 10.4. The first-order valence-corrected chi connectivity index (χ1v) is 9.31. The van der Waals surface area contributed by atoms with Gasteiger partial charge in [0.25, 0.3) is 0 Å². The van der Waals surface area contributed by atoms with Crippen molar-refractivity contribution in [1.29, 1.82) is 5.41 Å². The lowest BCUT2D eigenvalue weighted by molar-refractivity contribution is 0.0499. The van der Waals surface area contributed by atoms with Crippen molar-refractivity contribution in [1.82, 2.24) is 4.98 Å². The molecular formula is C20H27ClN2O5. The summed E-state index contributed by atoms with van der Waals surface area (Å²) >= 11 is 6.49. The number of ether oxygens (including phenoxy) is 1. The molecule has 0 saturated heterocycles. The van der Waals surface area contributed by atoms with Gasteiger partial charge in [-0.3, -0.25) is 0 Å². The number of hydrogen-bond acceptors (Lipinski definition) is 6. The number of hydrogen-bond donors (Lipinski definition) is 5. The number of aliphatic hydroxyl groups excluding tert-OH is 3. The highest BCUT2D eigenvalue weighted by molar-refractivity contribution is 6.36. The quantitative estimate of drug-likeness (QED) is 0.337. The summed E-state index contributed by atoms with van der Waals surface area (Å²) in [6.45, 7) is 5.71. The molecule has 1 aromatic carbocycles. The van der Waals surface area contributed by atoms with Crippen molar-refractivity contribution >= 4 is 24.3 Å². The summed E-state index contributed by atoms with van der Waals surface area (Å²) in [5, 5.41) is 34.7. The van der Waals surface area contributed by atoms with E-state index in [0.717, 1.165) is 5.69 Å². The first-order chi connectivity index (χ1) is 13.5. The van der Waals surface area contributed by atoms with Gasteiger partial charge < -0.3 is 30.4 Å². The van der Waals surface area contributed by atoms with Crippen LogP contribution in [0.25, 0.3) is 11.1 Å². The molecule has 7 nitrogen and oxygen atoms in total. The molecule has 0 bridgehead atoms. The Morgan fingerprint density at radius 3 is 2.29 bits per heavy atom. The average molecular weight is 411 g/mol. The van der Waals surface area contributed by atoms with Crippen molar-refractivity contribution in [2.45, 2.75) is 46.5 Å². The predicted molar refractivity (Wildman–Crippen MR) is 109 cm³/mol. The Labute approximate surface area is 169 Å². The Morgan fingerprint density at radius 2 is 1.79 bits per heavy atom. The molecule has 154 valence electrons. The van der Waals surface area contributed by atoms with Crippen LogP contribution in [0.5, 0.6) is 0 Å². The van der Waals surface area contributed by atoms with Crippen LogP contribution < -0.4 is 0 Å². The zero-order chi connectivity index (χ0) is 21.3. The highest BCUT2D eigenvalue weighted by atomic mass is 35.5. The molecular weight excluding hydrogens is 384 g/mol. The van der Waals surface area contributed by atoms with Gasteiger partial charge in [-0.25, -0.2) is 4.79 Å². The molecule has 2 rings (SSSR count). The van der Waals surface area contributed by atoms with E-state index in [1.54, 1.807) is 12.1 Å². The number of aromatic amines is 1. The number of nitrogens with one attached hydrogen (secondary N) is 2. The standard InChI is InChI=1S/C19H24ClNO5.CH3N/c1-3-7-26-19(25)18-17(20)16(15(4-2)21-18)12-6-5-11(8-22)13(9-23)14(12)10-24;1-2/h5-6,21-24H,3-4,7-10H2,1-2H3;2H,1H2. The van der Waals surface area contributed by atoms with Gasteiger partial charge in [0.2, 0.25) is 0 Å². The van der Waals surface area contributed by atoms with Crippen LogP contribution in [-0.4, -0.2) is 39.6 Å². The number of H-pyrrole nitrogens is 1. The smallest absolute Gasteiger partial charge is 0.356 e. The van der Waals surface area contributed by atoms with Crippen LogP contribution in [0.2, 0.25) is 5.02 Å². The molecule has 28 heavy (non-hydrogen) atoms. The van der Waals surface area contributed by atoms with Crippen LogP contribution in [0.4, 0.5) is 0 Å². The van der Waals surface area contributed by atoms with Gasteiger partial charge >= 0.3 is 5.97 Å². The third-order valence-corrected chi connectivity index (χ3v) is 4.67. The van der Waals surface area contributed by atoms with Crippen LogP contribution in [0, 0.1) is 5.41 Å². The maximum atomic E-state index is 12.3. The summed E-state index contributed by atoms with van der Waals surface area (Å²) < 4.78 is 5.17. The first-order valence-electron chi connectivity index (χ1n) is 8.93. The fourth-order valence-corrected chi connectivity index (χ4v) is 3.32. The number of benzene rings is 1. The van der Waals surface area contributed by atoms with E-state index in [9.17, 15) is 20.1 Å². The summed E-state index contributed by atoms with van der Waals surface area (Å²) in [5.41, 5.74) is 3.58. The number of carbonyl (C=O) groups is 1. The van der Waals surface area contributed by atoms with E-state index in [-0.39, 0.29) is 30.5 Å². The molecule has 0 fully saturated rings. The van der Waals surface area contributed by atoms with Gasteiger partial charge in [0.15, 0.2) is 0 Å². The fraction of sp³-hybridized carbons (Fsp3) is 0.400. The second-order valence-corrected chi connectivity index (χ2v) is 6.24. The SMILES string of the molecule is C=N.CCCOC(=O)c1[nH]c(CC)c(-c2ccc(CO)c(CO)c2CO)c1Cl. The van der Waals surface area contributed by atoms with Crippen LogP contribution in [0.3, 0.4) is 0 Å². The first kappa shape index (κ1) is 23.8. The largest absolute Gasteiger partial charge is 0.461 e. The number of aryl methyl sites for hydroxylation is 1. The predicted octanol–water partition coefficient (Wildman–Crippen LogP) is 3.21. The highest BCUT2D eigenvalue weighted by Crippen LogP contribution is 2.39. The lowest BCUT2D eigenvalue weighted by Gasteiger charge is -2.16. The second-order valence-electron chi connectivity index (χ2n) is 5.86. The molecule has 0 radical (unpaired) electrons. The van der Waals surface area contributed by atoms with E-state index in [1.807, 2.05) is 13.8 Å². The summed E-state index contributed by atoms with van der Waals surface area (Å²) in [4.78, 5) is 15.3. The van der Waals surface area contributed by atoms with Gasteiger partial charge in [-0.2, -0.15) is 0 Å². The second kappa shape index (κ2) is 11.6. The minimum atomic E-state index is -0.530. The van der Waals surface area contributed by atoms with Gasteiger partial charge in [0.1, 0.15) is 5.69 Å². The van der Waals surface area contributed by atoms with Crippen molar-refractivity contribution < 1.29 is 24.9 Å². The number of esters is 1. The van der Waals surface area contributed by atoms with Crippen molar-refractivity contribution in [3.8, 4) is 11.1 Å². The monoisotopic (exact) mass is 410 g/mol. The lowest BCUT2D eigenvalue weighted by atomic mass is 9.92. The molecule has 5 N–H and O–H groups in total. The Morgan fingerprint density at radius 1 is 1.14 bits per heavy atom. The topological polar surface area (TPSA) is 127 Å². The maximum absolute atomic E-state index is 12.3. The fourth-order valence-electron chi connectivity index (χ4n) is 2.98. The van der Waals surface area contributed by atoms with Crippen molar-refractivity contribution in [3.63, 3.8) is 0 Å². The summed E-state index contributed by atoms with van der Waals surface area (Å²) in [5.74, 6) is -0.530. The van der Waals surface area contributed by atoms with Crippen molar-refractivity contribution in [3.05, 3.63) is 45.2 Å². The zero-order valence-electron chi connectivity index (χ0n) is 16.1. The number of rotatable bonds is 8. The average Bonchev–Trinajstić information content (AvgIpc) is 3.08. The minimum absolute atomic E-state index is 0.174. The molecule has 0 aliphatic carbocycles. The van der Waals surface area contributed by atoms with E-state index in [1.165, 1.54) is 0 Å². The van der Waals surface area contributed by atoms with E-state index in [2.05, 4.69) is 11.7 Å². The molecule has 0 atom stereocenters. The number of aliphatic hydroxyl groups is 3. The number of halogens is 1. The van der Waals surface area contributed by atoms with Crippen molar-refractivity contribution in [2.24, 2.45) is 0 Å². The van der Waals surface area contributed by atoms with Gasteiger partial charge in [-0.1, -0.05) is 37.6 Å². The number of carbonyl (C=O) groups excluding carboxylic acids is 1. The highest BCUT2D eigenvalue weighted by Gasteiger charge is 2.25. The van der Waals surface area contributed by atoms with Gasteiger partial charge in [-0.15, -0.1) is 0 Å². The van der Waals surface area contributed by atoms with Gasteiger partial charge in [-0.05, 0) is 41.8 Å². The Bertz CT molecular complexity index is 804. The molecule has 0 unspecified atom stereocenters. The van der Waals surface area contributed by atoms with E-state index in [4.69, 9.17) is 21.7 Å². The molecule has 0 saturated carbocycles. The molecule has 8 heteroatoms. The van der Waals surface area contributed by atoms with Gasteiger partial charge in [0, 0.05) is 11.3 Å². The summed E-state index contributed by atoms with van der Waals surface area (Å²) in [7, 11) is 0. The Kier molecular flexibility index (Phi) is 9.89. The molecule has 0 spiro atoms. The van der Waals surface area contributed by atoms with E-state index < -0.39 is 5.97 Å². The molecule has 2 aromatic rings. The van der Waals surface area contributed by atoms with E-state index >= 15 is 0 Å². The maximum Gasteiger partial charge on any atom is 0.356 e. The van der Waals surface area contributed by atoms with Crippen LogP contribution in [0.1, 0.15) is 53.1 Å². The summed E-state index contributed by atoms with van der Waals surface area (Å²) in [6, 6.07) is 3.41. The molecule has 0 aliphatic rings. The third kappa shape index (κ3) is 4.80. The minimum Gasteiger partial charge on any atom is -0.461 e. The number of aromatic nitrogens is 1. The van der Waals surface area contributed by atoms with Gasteiger partial charge in [0.05, 0.1) is 31.5 Å². The molecule has 1 aromatic heterocycles. The van der Waals surface area contributed by atoms with E-state index in [0.29, 0.717) is 47.3 Å². The van der Waals surface area contributed by atoms with Crippen LogP contribution in [-0.2, 0) is 31.0 Å². The van der Waals surface area contributed by atoms with Crippen molar-refractivity contribution in [2.75, 3.05) is 6.61 Å². The lowest BCUT2D eigenvalue weighted by Crippen LogP contribution is -2.07. The Balaban J connectivity index is 0.00000190. The van der Waals surface area contributed by atoms with Crippen LogP contribution in [0.15, 0.2) is 12.1 Å². The zero-order valence-corrected chi connectivity index (χ0v) is 16.9. The molecule has 0 aliphatic heterocycles. The molecule has 0 amide bonds. The molecule has 1 heterocycles. The Hall–Kier alpha value is -2.19. The summed E-state index contributed by atoms with van der Waals surface area (Å²) in [6.07, 6.45) is 1.28. The third-order valence-electron chi connectivity index (χ3n) is 4.30. The van der Waals surface area contributed by atoms with Crippen LogP contribution >= 0.6 is 11.6 Å².